The molecule has 1 saturated heterocycles. The van der Waals surface area contributed by atoms with Crippen LogP contribution in [-0.2, 0) is 14.3 Å². The van der Waals surface area contributed by atoms with E-state index >= 15 is 0 Å². The van der Waals surface area contributed by atoms with Crippen LogP contribution < -0.4 is 9.47 Å². The Kier molecular flexibility index (Phi) is 5.40. The number of hydrogen-bond acceptors (Lipinski definition) is 7. The summed E-state index contributed by atoms with van der Waals surface area (Å²) in [5, 5.41) is 0. The Morgan fingerprint density at radius 1 is 1.30 bits per heavy atom. The summed E-state index contributed by atoms with van der Waals surface area (Å²) in [6.45, 7) is 1.98. The zero-order valence-corrected chi connectivity index (χ0v) is 12.9. The molecule has 2 amide bonds. The standard InChI is InChI=1S/C15H17NO7/c1-3-21-12-8-10(4-5-11(12)20-2)14(18)23-9-13(17)16-6-7-22-15(16)19/h4-5,8H,3,6-7,9H2,1-2H3. The van der Waals surface area contributed by atoms with Crippen LogP contribution in [0.25, 0.3) is 0 Å². The molecule has 0 aromatic heterocycles. The van der Waals surface area contributed by atoms with Gasteiger partial charge in [0.25, 0.3) is 5.91 Å². The molecule has 124 valence electrons. The Labute approximate surface area is 132 Å². The molecule has 0 unspecified atom stereocenters. The van der Waals surface area contributed by atoms with Gasteiger partial charge in [0.1, 0.15) is 6.61 Å². The third-order valence-corrected chi connectivity index (χ3v) is 3.09. The maximum absolute atomic E-state index is 12.0. The second kappa shape index (κ2) is 7.48. The Morgan fingerprint density at radius 3 is 2.70 bits per heavy atom. The lowest BCUT2D eigenvalue weighted by Gasteiger charge is -2.12. The molecule has 0 saturated carbocycles. The highest BCUT2D eigenvalue weighted by Crippen LogP contribution is 2.28. The first-order chi connectivity index (χ1) is 11.1. The van der Waals surface area contributed by atoms with E-state index in [4.69, 9.17) is 14.2 Å². The van der Waals surface area contributed by atoms with Gasteiger partial charge in [-0.3, -0.25) is 4.79 Å². The lowest BCUT2D eigenvalue weighted by molar-refractivity contribution is -0.131. The summed E-state index contributed by atoms with van der Waals surface area (Å²) in [6.07, 6.45) is -0.728. The third-order valence-electron chi connectivity index (χ3n) is 3.09. The molecule has 1 aliphatic rings. The summed E-state index contributed by atoms with van der Waals surface area (Å²) >= 11 is 0. The number of ether oxygens (including phenoxy) is 4. The van der Waals surface area contributed by atoms with Crippen molar-refractivity contribution in [1.29, 1.82) is 0 Å². The minimum Gasteiger partial charge on any atom is -0.493 e. The quantitative estimate of drug-likeness (QED) is 0.727. The second-order valence-electron chi connectivity index (χ2n) is 4.53. The maximum Gasteiger partial charge on any atom is 0.416 e. The van der Waals surface area contributed by atoms with Crippen molar-refractivity contribution < 1.29 is 33.3 Å². The van der Waals surface area contributed by atoms with Gasteiger partial charge >= 0.3 is 12.1 Å². The maximum atomic E-state index is 12.0. The number of benzene rings is 1. The van der Waals surface area contributed by atoms with Crippen LogP contribution in [0.1, 0.15) is 17.3 Å². The summed E-state index contributed by atoms with van der Waals surface area (Å²) in [7, 11) is 1.49. The SMILES string of the molecule is CCOc1cc(C(=O)OCC(=O)N2CCOC2=O)ccc1OC. The Morgan fingerprint density at radius 2 is 2.09 bits per heavy atom. The molecule has 1 heterocycles. The number of carbonyl (C=O) groups is 3. The van der Waals surface area contributed by atoms with Gasteiger partial charge in [-0.2, -0.15) is 0 Å². The summed E-state index contributed by atoms with van der Waals surface area (Å²) in [6, 6.07) is 4.54. The zero-order chi connectivity index (χ0) is 16.8. The lowest BCUT2D eigenvalue weighted by Crippen LogP contribution is -2.35. The number of hydrogen-bond donors (Lipinski definition) is 0. The van der Waals surface area contributed by atoms with E-state index in [0.29, 0.717) is 18.1 Å². The van der Waals surface area contributed by atoms with E-state index in [-0.39, 0.29) is 18.7 Å². The Bertz CT molecular complexity index is 614. The van der Waals surface area contributed by atoms with Gasteiger partial charge in [0, 0.05) is 0 Å². The van der Waals surface area contributed by atoms with Gasteiger partial charge in [0.15, 0.2) is 18.1 Å². The number of cyclic esters (lactones) is 1. The fraction of sp³-hybridized carbons (Fsp3) is 0.400. The first kappa shape index (κ1) is 16.6. The molecule has 0 aliphatic carbocycles. The molecule has 1 aliphatic heterocycles. The number of nitrogens with zero attached hydrogens (tertiary/aromatic N) is 1. The van der Waals surface area contributed by atoms with Crippen molar-refractivity contribution in [1.82, 2.24) is 4.90 Å². The number of methoxy groups -OCH3 is 1. The number of imide groups is 1. The van der Waals surface area contributed by atoms with Crippen LogP contribution in [0.5, 0.6) is 11.5 Å². The van der Waals surface area contributed by atoms with E-state index in [1.807, 2.05) is 0 Å². The number of carbonyl (C=O) groups excluding carboxylic acids is 3. The van der Waals surface area contributed by atoms with Crippen LogP contribution in [0.2, 0.25) is 0 Å². The second-order valence-corrected chi connectivity index (χ2v) is 4.53. The largest absolute Gasteiger partial charge is 0.493 e. The predicted octanol–water partition coefficient (Wildman–Crippen LogP) is 1.23. The van der Waals surface area contributed by atoms with E-state index < -0.39 is 24.6 Å². The van der Waals surface area contributed by atoms with Gasteiger partial charge in [0.2, 0.25) is 0 Å². The average molecular weight is 323 g/mol. The van der Waals surface area contributed by atoms with Crippen molar-refractivity contribution in [2.24, 2.45) is 0 Å². The smallest absolute Gasteiger partial charge is 0.416 e. The molecule has 0 spiro atoms. The molecule has 0 radical (unpaired) electrons. The monoisotopic (exact) mass is 323 g/mol. The van der Waals surface area contributed by atoms with Gasteiger partial charge in [-0.05, 0) is 25.1 Å². The van der Waals surface area contributed by atoms with E-state index in [1.165, 1.54) is 19.2 Å². The van der Waals surface area contributed by atoms with Crippen molar-refractivity contribution in [2.75, 3.05) is 33.5 Å². The molecule has 23 heavy (non-hydrogen) atoms. The average Bonchev–Trinajstić information content (AvgIpc) is 2.98. The van der Waals surface area contributed by atoms with Gasteiger partial charge in [0.05, 0.1) is 25.8 Å². The van der Waals surface area contributed by atoms with E-state index in [0.717, 1.165) is 4.90 Å². The number of esters is 1. The van der Waals surface area contributed by atoms with Crippen molar-refractivity contribution in [3.63, 3.8) is 0 Å². The first-order valence-corrected chi connectivity index (χ1v) is 7.02. The van der Waals surface area contributed by atoms with Gasteiger partial charge in [-0.25, -0.2) is 14.5 Å². The van der Waals surface area contributed by atoms with Crippen LogP contribution in [0, 0.1) is 0 Å². The molecule has 2 rings (SSSR count). The summed E-state index contributed by atoms with van der Waals surface area (Å²) in [5.74, 6) is -0.438. The molecule has 1 aromatic rings. The summed E-state index contributed by atoms with van der Waals surface area (Å²) in [5.41, 5.74) is 0.214. The van der Waals surface area contributed by atoms with E-state index in [1.54, 1.807) is 13.0 Å². The molecule has 0 bridgehead atoms. The van der Waals surface area contributed by atoms with Crippen molar-refractivity contribution in [3.8, 4) is 11.5 Å². The summed E-state index contributed by atoms with van der Waals surface area (Å²) in [4.78, 5) is 35.9. The van der Waals surface area contributed by atoms with Crippen LogP contribution >= 0.6 is 0 Å². The highest BCUT2D eigenvalue weighted by molar-refractivity contribution is 5.96. The Hall–Kier alpha value is -2.77. The van der Waals surface area contributed by atoms with Crippen molar-refractivity contribution in [3.05, 3.63) is 23.8 Å². The molecule has 1 fully saturated rings. The first-order valence-electron chi connectivity index (χ1n) is 7.02. The van der Waals surface area contributed by atoms with Gasteiger partial charge in [-0.1, -0.05) is 0 Å². The molecule has 1 aromatic carbocycles. The summed E-state index contributed by atoms with van der Waals surface area (Å²) < 4.78 is 20.1. The van der Waals surface area contributed by atoms with Crippen molar-refractivity contribution >= 4 is 18.0 Å². The van der Waals surface area contributed by atoms with Crippen LogP contribution in [-0.4, -0.2) is 56.3 Å². The minimum absolute atomic E-state index is 0.148. The van der Waals surface area contributed by atoms with Crippen LogP contribution in [0.4, 0.5) is 4.79 Å². The molecule has 0 atom stereocenters. The minimum atomic E-state index is -0.728. The fourth-order valence-electron chi connectivity index (χ4n) is 1.98. The molecular formula is C15H17NO7. The van der Waals surface area contributed by atoms with Crippen LogP contribution in [0.15, 0.2) is 18.2 Å². The fourth-order valence-corrected chi connectivity index (χ4v) is 1.98. The zero-order valence-electron chi connectivity index (χ0n) is 12.9. The molecule has 8 nitrogen and oxygen atoms in total. The van der Waals surface area contributed by atoms with Gasteiger partial charge in [-0.15, -0.1) is 0 Å². The number of amides is 2. The highest BCUT2D eigenvalue weighted by Gasteiger charge is 2.29. The normalized spacial score (nSPS) is 13.5. The van der Waals surface area contributed by atoms with E-state index in [9.17, 15) is 14.4 Å². The molecule has 0 N–H and O–H groups in total. The van der Waals surface area contributed by atoms with E-state index in [2.05, 4.69) is 4.74 Å². The van der Waals surface area contributed by atoms with Crippen molar-refractivity contribution in [2.45, 2.75) is 6.92 Å². The van der Waals surface area contributed by atoms with Crippen LogP contribution in [0.3, 0.4) is 0 Å². The highest BCUT2D eigenvalue weighted by atomic mass is 16.6. The van der Waals surface area contributed by atoms with Gasteiger partial charge < -0.3 is 18.9 Å². The Balaban J connectivity index is 1.99. The molecular weight excluding hydrogens is 306 g/mol. The topological polar surface area (TPSA) is 91.4 Å². The predicted molar refractivity (Wildman–Crippen MR) is 77.5 cm³/mol. The molecule has 8 heteroatoms. The third kappa shape index (κ3) is 3.91. The number of rotatable bonds is 6. The lowest BCUT2D eigenvalue weighted by atomic mass is 10.2.